The lowest BCUT2D eigenvalue weighted by atomic mass is 9.99. The Morgan fingerprint density at radius 1 is 0.938 bits per heavy atom. The number of aryl methyl sites for hydroxylation is 3. The number of hydrogen-bond donors (Lipinski definition) is 3. The molecule has 2 amide bonds. The molecule has 1 aliphatic heterocycles. The molecule has 7 aromatic rings. The average molecular weight is 923 g/mol. The Kier molecular flexibility index (Phi) is 12.1. The zero-order chi connectivity index (χ0) is 45.6. The molecule has 3 N–H and O–H groups in total. The van der Waals surface area contributed by atoms with Gasteiger partial charge in [-0.3, -0.25) is 19.1 Å². The van der Waals surface area contributed by atoms with E-state index in [1.165, 1.54) is 10.9 Å². The summed E-state index contributed by atoms with van der Waals surface area (Å²) in [4.78, 5) is 47.0. The maximum absolute atomic E-state index is 14.0. The molecule has 19 heteroatoms. The highest BCUT2D eigenvalue weighted by Gasteiger charge is 2.34. The predicted octanol–water partition coefficient (Wildman–Crippen LogP) is 9.63. The van der Waals surface area contributed by atoms with Crippen molar-refractivity contribution in [2.45, 2.75) is 90.9 Å². The summed E-state index contributed by atoms with van der Waals surface area (Å²) in [5, 5.41) is 20.2. The number of aliphatic imine (C=N–C) groups is 1. The molecule has 336 valence electrons. The molecule has 6 heterocycles. The van der Waals surface area contributed by atoms with Crippen molar-refractivity contribution in [2.75, 3.05) is 18.4 Å². The van der Waals surface area contributed by atoms with Gasteiger partial charge in [0, 0.05) is 69.3 Å². The van der Waals surface area contributed by atoms with Gasteiger partial charge in [-0.1, -0.05) is 36.6 Å². The number of hydrogen-bond acceptors (Lipinski definition) is 10. The quantitative estimate of drug-likeness (QED) is 0.0964. The number of fused-ring (bicyclic) bond motifs is 4. The van der Waals surface area contributed by atoms with Crippen LogP contribution in [0.4, 0.5) is 24.8 Å². The van der Waals surface area contributed by atoms with Gasteiger partial charge in [-0.25, -0.2) is 9.97 Å². The Morgan fingerprint density at radius 3 is 2.42 bits per heavy atom. The molecule has 9 rings (SSSR count). The first-order chi connectivity index (χ1) is 31.2. The molecule has 2 aliphatic rings. The Bertz CT molecular complexity index is 2960. The minimum atomic E-state index is -4.59. The van der Waals surface area contributed by atoms with Crippen LogP contribution in [-0.2, 0) is 11.0 Å². The van der Waals surface area contributed by atoms with E-state index < -0.39 is 17.8 Å². The molecule has 1 fully saturated rings. The van der Waals surface area contributed by atoms with Crippen molar-refractivity contribution in [1.82, 2.24) is 49.5 Å². The maximum atomic E-state index is 14.0. The van der Waals surface area contributed by atoms with Gasteiger partial charge < -0.3 is 25.1 Å². The second kappa shape index (κ2) is 17.9. The molecule has 0 spiro atoms. The zero-order valence-corrected chi connectivity index (χ0v) is 37.7. The van der Waals surface area contributed by atoms with Crippen LogP contribution in [0.15, 0.2) is 72.2 Å². The molecule has 1 aliphatic carbocycles. The zero-order valence-electron chi connectivity index (χ0n) is 36.1. The minimum absolute atomic E-state index is 0.0221. The first-order valence-electron chi connectivity index (χ1n) is 21.5. The average Bonchev–Trinajstić information content (AvgIpc) is 4.12. The van der Waals surface area contributed by atoms with Crippen molar-refractivity contribution in [3.8, 4) is 10.7 Å². The fourth-order valence-electron chi connectivity index (χ4n) is 8.61. The number of amides is 2. The number of benzene rings is 2. The van der Waals surface area contributed by atoms with Gasteiger partial charge in [0.1, 0.15) is 28.2 Å². The summed E-state index contributed by atoms with van der Waals surface area (Å²) in [7, 11) is 0. The van der Waals surface area contributed by atoms with Gasteiger partial charge in [-0.15, -0.1) is 21.5 Å². The third-order valence-corrected chi connectivity index (χ3v) is 13.4. The first kappa shape index (κ1) is 43.8. The molecule has 1 saturated carbocycles. The largest absolute Gasteiger partial charge is 0.416 e. The van der Waals surface area contributed by atoms with E-state index in [2.05, 4.69) is 50.0 Å². The van der Waals surface area contributed by atoms with E-state index in [4.69, 9.17) is 21.6 Å². The highest BCUT2D eigenvalue weighted by atomic mass is 35.5. The van der Waals surface area contributed by atoms with Crippen molar-refractivity contribution < 1.29 is 22.8 Å². The first-order valence-corrected chi connectivity index (χ1v) is 22.7. The smallest absolute Gasteiger partial charge is 0.356 e. The lowest BCUT2D eigenvalue weighted by Gasteiger charge is -2.17. The standard InChI is InChI=1S/C46H46ClF3N12O2S/c1-25-23-60(24-54-25)35-19-31(46(48,49)50)18-33(20-35)55-45-53-22-30-17-37(62(41(30)57-45)34-9-5-6-10-34)43(64)52-16-8-7-15-51-38(63)21-36-42-59-58-28(4)61(42)44-39(26(2)27(3)65-44)40(56-36)29-11-13-32(47)14-12-29/h11-14,17-20,22-24,34,36H,5-10,15-16,21H2,1-4H3,(H,51,63)(H,52,64)(H,53,55,57)/t36-/m0/s1. The Morgan fingerprint density at radius 2 is 1.69 bits per heavy atom. The summed E-state index contributed by atoms with van der Waals surface area (Å²) in [6, 6.07) is 12.4. The summed E-state index contributed by atoms with van der Waals surface area (Å²) < 4.78 is 47.5. The second-order valence-electron chi connectivity index (χ2n) is 16.5. The third-order valence-electron chi connectivity index (χ3n) is 12.0. The lowest BCUT2D eigenvalue weighted by molar-refractivity contribution is -0.137. The number of carbonyl (C=O) groups is 2. The van der Waals surface area contributed by atoms with Gasteiger partial charge in [-0.2, -0.15) is 18.2 Å². The highest BCUT2D eigenvalue weighted by molar-refractivity contribution is 7.15. The monoisotopic (exact) mass is 922 g/mol. The molecular formula is C46H46ClF3N12O2S. The number of carbonyl (C=O) groups excluding carboxylic acids is 2. The normalized spacial score (nSPS) is 15.1. The van der Waals surface area contributed by atoms with Crippen LogP contribution in [0.5, 0.6) is 0 Å². The van der Waals surface area contributed by atoms with Gasteiger partial charge in [0.15, 0.2) is 5.82 Å². The topological polar surface area (TPSA) is 162 Å². The number of unbranched alkanes of at least 4 members (excludes halogenated alkanes) is 1. The number of thiophene rings is 1. The SMILES string of the molecule is Cc1cn(-c2cc(Nc3ncc4cc(C(=O)NCCCCNC(=O)C[C@@H]5N=C(c6ccc(Cl)cc6)c6c(sc(C)c6C)-n6c(C)nnc65)n(C5CCCC5)c4n3)cc(C(F)(F)F)c2)cn1. The number of rotatable bonds is 13. The summed E-state index contributed by atoms with van der Waals surface area (Å²) in [5.41, 5.74) is 4.98. The van der Waals surface area contributed by atoms with E-state index in [9.17, 15) is 22.8 Å². The molecule has 0 bridgehead atoms. The molecule has 0 saturated heterocycles. The van der Waals surface area contributed by atoms with E-state index in [1.54, 1.807) is 42.8 Å². The van der Waals surface area contributed by atoms with Crippen LogP contribution in [0.3, 0.4) is 0 Å². The van der Waals surface area contributed by atoms with E-state index in [0.717, 1.165) is 70.1 Å². The number of nitrogens with zero attached hydrogens (tertiary/aromatic N) is 9. The third kappa shape index (κ3) is 9.01. The van der Waals surface area contributed by atoms with E-state index in [1.807, 2.05) is 40.3 Å². The molecule has 65 heavy (non-hydrogen) atoms. The number of alkyl halides is 3. The van der Waals surface area contributed by atoms with E-state index >= 15 is 0 Å². The van der Waals surface area contributed by atoms with Crippen molar-refractivity contribution in [3.05, 3.63) is 122 Å². The molecule has 5 aromatic heterocycles. The molecule has 2 aromatic carbocycles. The Hall–Kier alpha value is -6.40. The van der Waals surface area contributed by atoms with Crippen LogP contribution >= 0.6 is 22.9 Å². The lowest BCUT2D eigenvalue weighted by Crippen LogP contribution is -2.29. The number of anilines is 2. The molecular weight excluding hydrogens is 877 g/mol. The molecule has 0 unspecified atom stereocenters. The summed E-state index contributed by atoms with van der Waals surface area (Å²) in [5.74, 6) is 0.966. The molecule has 14 nitrogen and oxygen atoms in total. The fraction of sp³-hybridized carbons (Fsp3) is 0.348. The number of aromatic nitrogens is 8. The second-order valence-corrected chi connectivity index (χ2v) is 18.2. The van der Waals surface area contributed by atoms with Gasteiger partial charge in [0.05, 0.1) is 29.7 Å². The van der Waals surface area contributed by atoms with Crippen LogP contribution in [0, 0.1) is 27.7 Å². The van der Waals surface area contributed by atoms with Gasteiger partial charge >= 0.3 is 6.18 Å². The van der Waals surface area contributed by atoms with Crippen molar-refractivity contribution in [3.63, 3.8) is 0 Å². The van der Waals surface area contributed by atoms with Crippen molar-refractivity contribution in [1.29, 1.82) is 0 Å². The van der Waals surface area contributed by atoms with Gasteiger partial charge in [-0.05, 0) is 95.3 Å². The Balaban J connectivity index is 0.853. The van der Waals surface area contributed by atoms with E-state index in [-0.39, 0.29) is 41.6 Å². The van der Waals surface area contributed by atoms with Crippen LogP contribution in [0.2, 0.25) is 5.02 Å². The van der Waals surface area contributed by atoms with Crippen LogP contribution < -0.4 is 16.0 Å². The summed E-state index contributed by atoms with van der Waals surface area (Å²) in [6.07, 6.45) is 5.10. The van der Waals surface area contributed by atoms with Crippen LogP contribution in [0.25, 0.3) is 21.7 Å². The van der Waals surface area contributed by atoms with Gasteiger partial charge in [0.2, 0.25) is 11.9 Å². The summed E-state index contributed by atoms with van der Waals surface area (Å²) in [6.45, 7) is 8.59. The highest BCUT2D eigenvalue weighted by Crippen LogP contribution is 2.40. The maximum Gasteiger partial charge on any atom is 0.416 e. The minimum Gasteiger partial charge on any atom is -0.356 e. The Labute approximate surface area is 381 Å². The van der Waals surface area contributed by atoms with Gasteiger partial charge in [0.25, 0.3) is 5.91 Å². The van der Waals surface area contributed by atoms with Crippen molar-refractivity contribution in [2.24, 2.45) is 4.99 Å². The van der Waals surface area contributed by atoms with E-state index in [0.29, 0.717) is 65.0 Å². The van der Waals surface area contributed by atoms with Crippen LogP contribution in [-0.4, -0.2) is 69.5 Å². The molecule has 0 radical (unpaired) electrons. The number of halogens is 4. The predicted molar refractivity (Wildman–Crippen MR) is 244 cm³/mol. The molecule has 1 atom stereocenters. The summed E-state index contributed by atoms with van der Waals surface area (Å²) >= 11 is 7.90. The number of nitrogens with one attached hydrogen (secondary N) is 3. The fourth-order valence-corrected chi connectivity index (χ4v) is 9.95. The van der Waals surface area contributed by atoms with Crippen LogP contribution in [0.1, 0.15) is 112 Å². The van der Waals surface area contributed by atoms with Crippen molar-refractivity contribution >= 4 is 63.1 Å². The number of imidazole rings is 1.